The molecule has 0 aliphatic heterocycles. The van der Waals surface area contributed by atoms with Crippen LogP contribution in [-0.4, -0.2) is 9.38 Å². The molecule has 3 heterocycles. The van der Waals surface area contributed by atoms with Gasteiger partial charge in [-0.15, -0.1) is 0 Å². The molecule has 4 aromatic rings. The van der Waals surface area contributed by atoms with Crippen molar-refractivity contribution in [2.75, 3.05) is 0 Å². The number of hydrogen-bond donors (Lipinski definition) is 0. The maximum absolute atomic E-state index is 4.71. The highest BCUT2D eigenvalue weighted by atomic mass is 14.9. The van der Waals surface area contributed by atoms with Crippen LogP contribution in [0.5, 0.6) is 0 Å². The van der Waals surface area contributed by atoms with Crippen LogP contribution >= 0.6 is 0 Å². The zero-order valence-electron chi connectivity index (χ0n) is 10.1. The van der Waals surface area contributed by atoms with E-state index in [1.165, 1.54) is 21.7 Å². The molecule has 86 valence electrons. The number of aryl methyl sites for hydroxylation is 1. The summed E-state index contributed by atoms with van der Waals surface area (Å²) in [5, 5.41) is 3.76. The van der Waals surface area contributed by atoms with E-state index in [0.717, 1.165) is 11.2 Å². The first-order chi connectivity index (χ1) is 8.84. The van der Waals surface area contributed by atoms with Gasteiger partial charge in [0.15, 0.2) is 0 Å². The summed E-state index contributed by atoms with van der Waals surface area (Å²) in [6.07, 6.45) is 4.28. The van der Waals surface area contributed by atoms with E-state index in [0.29, 0.717) is 0 Å². The smallest absolute Gasteiger partial charge is 0.0712 e. The molecular weight excluding hydrogens is 220 g/mol. The highest BCUT2D eigenvalue weighted by Gasteiger charge is 2.09. The quantitative estimate of drug-likeness (QED) is 0.448. The predicted molar refractivity (Wildman–Crippen MR) is 74.9 cm³/mol. The van der Waals surface area contributed by atoms with Crippen molar-refractivity contribution in [1.82, 2.24) is 9.38 Å². The van der Waals surface area contributed by atoms with Crippen LogP contribution in [0.4, 0.5) is 0 Å². The molecule has 0 radical (unpaired) electrons. The van der Waals surface area contributed by atoms with E-state index in [-0.39, 0.29) is 0 Å². The number of rotatable bonds is 0. The lowest BCUT2D eigenvalue weighted by molar-refractivity contribution is 1.21. The fraction of sp³-hybridized carbons (Fsp3) is 0.0625. The Labute approximate surface area is 104 Å². The lowest BCUT2D eigenvalue weighted by atomic mass is 10.1. The Bertz CT molecular complexity index is 887. The van der Waals surface area contributed by atoms with Crippen LogP contribution in [0.25, 0.3) is 27.2 Å². The Balaban J connectivity index is 2.38. The number of nitrogens with zero attached hydrogens (tertiary/aromatic N) is 2. The van der Waals surface area contributed by atoms with E-state index in [1.54, 1.807) is 0 Å². The van der Waals surface area contributed by atoms with Gasteiger partial charge < -0.3 is 4.40 Å². The second-order valence-electron chi connectivity index (χ2n) is 4.63. The van der Waals surface area contributed by atoms with E-state index in [1.807, 2.05) is 6.07 Å². The van der Waals surface area contributed by atoms with E-state index >= 15 is 0 Å². The minimum Gasteiger partial charge on any atom is -0.323 e. The fourth-order valence-corrected chi connectivity index (χ4v) is 2.74. The van der Waals surface area contributed by atoms with E-state index < -0.39 is 0 Å². The first kappa shape index (κ1) is 9.66. The molecule has 0 bridgehead atoms. The molecule has 3 aromatic heterocycles. The first-order valence-corrected chi connectivity index (χ1v) is 6.09. The average Bonchev–Trinajstić information content (AvgIpc) is 2.79. The SMILES string of the molecule is Cc1nc2ccccc2c2cn3ccccc3c12. The largest absolute Gasteiger partial charge is 0.323 e. The Morgan fingerprint density at radius 1 is 0.944 bits per heavy atom. The van der Waals surface area contributed by atoms with Gasteiger partial charge in [-0.1, -0.05) is 24.3 Å². The maximum Gasteiger partial charge on any atom is 0.0712 e. The lowest BCUT2D eigenvalue weighted by Gasteiger charge is -2.02. The van der Waals surface area contributed by atoms with E-state index in [2.05, 4.69) is 60.1 Å². The molecule has 0 saturated carbocycles. The topological polar surface area (TPSA) is 17.3 Å². The summed E-state index contributed by atoms with van der Waals surface area (Å²) in [7, 11) is 0. The highest BCUT2D eigenvalue weighted by Crippen LogP contribution is 2.30. The van der Waals surface area contributed by atoms with Gasteiger partial charge in [0.05, 0.1) is 11.0 Å². The number of hydrogen-bond acceptors (Lipinski definition) is 1. The van der Waals surface area contributed by atoms with Crippen LogP contribution in [0.2, 0.25) is 0 Å². The number of benzene rings is 1. The summed E-state index contributed by atoms with van der Waals surface area (Å²) in [5.41, 5.74) is 3.39. The molecule has 4 rings (SSSR count). The molecule has 0 saturated heterocycles. The van der Waals surface area contributed by atoms with E-state index in [9.17, 15) is 0 Å². The van der Waals surface area contributed by atoms with Crippen molar-refractivity contribution in [3.8, 4) is 0 Å². The van der Waals surface area contributed by atoms with Crippen molar-refractivity contribution in [3.05, 3.63) is 60.6 Å². The molecule has 0 fully saturated rings. The number of para-hydroxylation sites is 1. The molecule has 18 heavy (non-hydrogen) atoms. The first-order valence-electron chi connectivity index (χ1n) is 6.09. The van der Waals surface area contributed by atoms with Crippen LogP contribution in [0.1, 0.15) is 5.69 Å². The molecule has 2 heteroatoms. The monoisotopic (exact) mass is 232 g/mol. The van der Waals surface area contributed by atoms with Crippen molar-refractivity contribution in [3.63, 3.8) is 0 Å². The van der Waals surface area contributed by atoms with Crippen LogP contribution in [-0.2, 0) is 0 Å². The van der Waals surface area contributed by atoms with Gasteiger partial charge in [-0.2, -0.15) is 0 Å². The van der Waals surface area contributed by atoms with Crippen LogP contribution in [0.3, 0.4) is 0 Å². The molecule has 0 aliphatic carbocycles. The zero-order valence-corrected chi connectivity index (χ0v) is 10.1. The second-order valence-corrected chi connectivity index (χ2v) is 4.63. The summed E-state index contributed by atoms with van der Waals surface area (Å²) in [6, 6.07) is 14.6. The third kappa shape index (κ3) is 1.15. The van der Waals surface area contributed by atoms with Gasteiger partial charge in [-0.25, -0.2) is 0 Å². The van der Waals surface area contributed by atoms with Crippen molar-refractivity contribution in [2.24, 2.45) is 0 Å². The minimum absolute atomic E-state index is 1.07. The standard InChI is InChI=1S/C16H12N2/c1-11-16-13(10-18-9-5-4-8-15(16)18)12-6-2-3-7-14(12)17-11/h2-10H,1H3. The van der Waals surface area contributed by atoms with Crippen LogP contribution in [0.15, 0.2) is 54.9 Å². The van der Waals surface area contributed by atoms with Crippen molar-refractivity contribution in [2.45, 2.75) is 6.92 Å². The number of aromatic nitrogens is 2. The summed E-state index contributed by atoms with van der Waals surface area (Å²) in [5.74, 6) is 0. The summed E-state index contributed by atoms with van der Waals surface area (Å²) >= 11 is 0. The Morgan fingerprint density at radius 2 is 1.78 bits per heavy atom. The van der Waals surface area contributed by atoms with Crippen molar-refractivity contribution in [1.29, 1.82) is 0 Å². The Kier molecular flexibility index (Phi) is 1.78. The molecule has 0 amide bonds. The second kappa shape index (κ2) is 3.33. The van der Waals surface area contributed by atoms with Gasteiger partial charge in [0.25, 0.3) is 0 Å². The number of pyridine rings is 2. The summed E-state index contributed by atoms with van der Waals surface area (Å²) in [6.45, 7) is 2.09. The van der Waals surface area contributed by atoms with Gasteiger partial charge in [0.1, 0.15) is 0 Å². The van der Waals surface area contributed by atoms with Crippen LogP contribution in [0, 0.1) is 6.92 Å². The molecular formula is C16H12N2. The van der Waals surface area contributed by atoms with Crippen molar-refractivity contribution < 1.29 is 0 Å². The minimum atomic E-state index is 1.07. The highest BCUT2D eigenvalue weighted by molar-refractivity contribution is 6.12. The zero-order chi connectivity index (χ0) is 12.1. The molecule has 0 atom stereocenters. The summed E-state index contributed by atoms with van der Waals surface area (Å²) in [4.78, 5) is 4.71. The molecule has 2 nitrogen and oxygen atoms in total. The fourth-order valence-electron chi connectivity index (χ4n) is 2.74. The molecule has 1 aromatic carbocycles. The van der Waals surface area contributed by atoms with Gasteiger partial charge in [0, 0.05) is 34.2 Å². The van der Waals surface area contributed by atoms with Gasteiger partial charge in [-0.05, 0) is 25.1 Å². The number of fused-ring (bicyclic) bond motifs is 5. The summed E-state index contributed by atoms with van der Waals surface area (Å²) < 4.78 is 2.17. The molecule has 0 aliphatic rings. The van der Waals surface area contributed by atoms with E-state index in [4.69, 9.17) is 4.98 Å². The average molecular weight is 232 g/mol. The predicted octanol–water partition coefficient (Wildman–Crippen LogP) is 3.95. The van der Waals surface area contributed by atoms with Gasteiger partial charge in [-0.3, -0.25) is 4.98 Å². The third-order valence-corrected chi connectivity index (χ3v) is 3.53. The molecule has 0 unspecified atom stereocenters. The molecule has 0 N–H and O–H groups in total. The third-order valence-electron chi connectivity index (χ3n) is 3.53. The van der Waals surface area contributed by atoms with Crippen molar-refractivity contribution >= 4 is 27.2 Å². The Morgan fingerprint density at radius 3 is 2.72 bits per heavy atom. The lowest BCUT2D eigenvalue weighted by Crippen LogP contribution is -1.85. The maximum atomic E-state index is 4.71. The van der Waals surface area contributed by atoms with Crippen LogP contribution < -0.4 is 0 Å². The van der Waals surface area contributed by atoms with Gasteiger partial charge in [0.2, 0.25) is 0 Å². The Hall–Kier alpha value is -2.35. The van der Waals surface area contributed by atoms with Gasteiger partial charge >= 0.3 is 0 Å². The molecule has 0 spiro atoms. The normalized spacial score (nSPS) is 11.6.